The van der Waals surface area contributed by atoms with Crippen LogP contribution in [0.5, 0.6) is 0 Å². The third-order valence-electron chi connectivity index (χ3n) is 8.32. The molecule has 1 aliphatic carbocycles. The summed E-state index contributed by atoms with van der Waals surface area (Å²) < 4.78 is 32.3. The van der Waals surface area contributed by atoms with Gasteiger partial charge in [-0.25, -0.2) is 9.52 Å². The molecule has 13 heteroatoms. The van der Waals surface area contributed by atoms with Crippen LogP contribution < -0.4 is 21.5 Å². The van der Waals surface area contributed by atoms with Crippen LogP contribution in [0, 0.1) is 0 Å². The zero-order valence-electron chi connectivity index (χ0n) is 21.4. The predicted molar refractivity (Wildman–Crippen MR) is 139 cm³/mol. The lowest BCUT2D eigenvalue weighted by Gasteiger charge is -2.34. The smallest absolute Gasteiger partial charge is 0.317 e. The van der Waals surface area contributed by atoms with Crippen molar-refractivity contribution in [1.82, 2.24) is 23.5 Å². The van der Waals surface area contributed by atoms with E-state index in [0.29, 0.717) is 36.7 Å². The lowest BCUT2D eigenvalue weighted by Crippen LogP contribution is -2.58. The van der Waals surface area contributed by atoms with Crippen LogP contribution in [-0.2, 0) is 31.6 Å². The van der Waals surface area contributed by atoms with Crippen LogP contribution in [0.1, 0.15) is 75.3 Å². The van der Waals surface area contributed by atoms with Crippen molar-refractivity contribution in [1.29, 1.82) is 0 Å². The second-order valence-electron chi connectivity index (χ2n) is 10.8. The van der Waals surface area contributed by atoms with Gasteiger partial charge in [-0.1, -0.05) is 25.3 Å². The highest BCUT2D eigenvalue weighted by molar-refractivity contribution is 7.87. The molecular weight excluding hydrogens is 512 g/mol. The van der Waals surface area contributed by atoms with E-state index in [1.807, 2.05) is 18.2 Å². The van der Waals surface area contributed by atoms with Crippen molar-refractivity contribution in [3.63, 3.8) is 0 Å². The van der Waals surface area contributed by atoms with Gasteiger partial charge in [-0.05, 0) is 55.7 Å². The number of aromatic nitrogens is 2. The summed E-state index contributed by atoms with van der Waals surface area (Å²) >= 11 is 0. The maximum absolute atomic E-state index is 13.0. The fraction of sp³-hybridized carbons (Fsp3) is 0.600. The maximum Gasteiger partial charge on any atom is 0.329 e. The Morgan fingerprint density at radius 2 is 1.74 bits per heavy atom. The van der Waals surface area contributed by atoms with Gasteiger partial charge in [0, 0.05) is 26.6 Å². The SMILES string of the molecule is Cn1c(=O)n(C2CCC(=O)NC2=O)c2ccc(C3CCN(S(=O)(=O)NC(=O)C4(N)CCCCC4)CC3)cc21. The van der Waals surface area contributed by atoms with E-state index < -0.39 is 33.6 Å². The molecule has 0 spiro atoms. The Balaban J connectivity index is 1.29. The normalized spacial score (nSPS) is 23.4. The molecule has 0 bridgehead atoms. The molecule has 38 heavy (non-hydrogen) atoms. The number of nitrogens with one attached hydrogen (secondary N) is 2. The molecule has 5 rings (SSSR count). The van der Waals surface area contributed by atoms with Gasteiger partial charge in [0.2, 0.25) is 11.8 Å². The third kappa shape index (κ3) is 4.78. The Labute approximate surface area is 220 Å². The topological polar surface area (TPSA) is 166 Å². The number of imidazole rings is 1. The van der Waals surface area contributed by atoms with E-state index in [2.05, 4.69) is 10.0 Å². The van der Waals surface area contributed by atoms with Gasteiger partial charge in [0.1, 0.15) is 6.04 Å². The van der Waals surface area contributed by atoms with Crippen LogP contribution in [0.15, 0.2) is 23.0 Å². The zero-order valence-corrected chi connectivity index (χ0v) is 22.3. The van der Waals surface area contributed by atoms with Crippen molar-refractivity contribution < 1.29 is 22.8 Å². The summed E-state index contributed by atoms with van der Waals surface area (Å²) in [6.45, 7) is 0.498. The van der Waals surface area contributed by atoms with Crippen molar-refractivity contribution in [2.45, 2.75) is 75.3 Å². The summed E-state index contributed by atoms with van der Waals surface area (Å²) in [5, 5.41) is 2.31. The summed E-state index contributed by atoms with van der Waals surface area (Å²) in [5.41, 5.74) is 6.98. The quantitative estimate of drug-likeness (QED) is 0.460. The predicted octanol–water partition coefficient (Wildman–Crippen LogP) is 0.520. The maximum atomic E-state index is 13.0. The van der Waals surface area contributed by atoms with Gasteiger partial charge in [-0.3, -0.25) is 28.8 Å². The molecule has 206 valence electrons. The Bertz CT molecular complexity index is 1450. The average Bonchev–Trinajstić information content (AvgIpc) is 3.13. The second kappa shape index (κ2) is 9.93. The van der Waals surface area contributed by atoms with Crippen molar-refractivity contribution in [2.75, 3.05) is 13.1 Å². The molecule has 1 saturated carbocycles. The molecule has 3 heterocycles. The van der Waals surface area contributed by atoms with Gasteiger partial charge in [-0.2, -0.15) is 12.7 Å². The number of fused-ring (bicyclic) bond motifs is 1. The van der Waals surface area contributed by atoms with Crippen molar-refractivity contribution >= 4 is 39.0 Å². The van der Waals surface area contributed by atoms with Gasteiger partial charge in [0.15, 0.2) is 0 Å². The van der Waals surface area contributed by atoms with Crippen molar-refractivity contribution in [3.8, 4) is 0 Å². The molecule has 2 aromatic rings. The van der Waals surface area contributed by atoms with Gasteiger partial charge in [0.05, 0.1) is 16.6 Å². The molecule has 12 nitrogen and oxygen atoms in total. The highest BCUT2D eigenvalue weighted by Gasteiger charge is 2.39. The fourth-order valence-electron chi connectivity index (χ4n) is 5.99. The lowest BCUT2D eigenvalue weighted by atomic mass is 9.82. The first kappa shape index (κ1) is 26.6. The number of carbonyl (C=O) groups is 3. The van der Waals surface area contributed by atoms with Gasteiger partial charge in [0.25, 0.3) is 5.91 Å². The number of carbonyl (C=O) groups excluding carboxylic acids is 3. The number of piperidine rings is 2. The molecule has 4 N–H and O–H groups in total. The molecule has 2 aliphatic heterocycles. The van der Waals surface area contributed by atoms with Crippen molar-refractivity contribution in [3.05, 3.63) is 34.2 Å². The number of benzene rings is 1. The van der Waals surface area contributed by atoms with Crippen LogP contribution in [0.4, 0.5) is 0 Å². The Morgan fingerprint density at radius 3 is 2.39 bits per heavy atom. The number of aryl methyl sites for hydroxylation is 1. The van der Waals surface area contributed by atoms with Gasteiger partial charge in [-0.15, -0.1) is 0 Å². The summed E-state index contributed by atoms with van der Waals surface area (Å²) in [7, 11) is -2.35. The number of hydrogen-bond acceptors (Lipinski definition) is 7. The molecule has 2 saturated heterocycles. The van der Waals surface area contributed by atoms with E-state index >= 15 is 0 Å². The second-order valence-corrected chi connectivity index (χ2v) is 12.4. The van der Waals surface area contributed by atoms with E-state index in [-0.39, 0.29) is 43.4 Å². The largest absolute Gasteiger partial charge is 0.329 e. The molecule has 3 aliphatic rings. The van der Waals surface area contributed by atoms with E-state index in [1.54, 1.807) is 7.05 Å². The number of nitrogens with two attached hydrogens (primary N) is 1. The molecule has 1 aromatic heterocycles. The number of imide groups is 1. The summed E-state index contributed by atoms with van der Waals surface area (Å²) in [6, 6.07) is 4.88. The average molecular weight is 547 g/mol. The molecule has 0 radical (unpaired) electrons. The van der Waals surface area contributed by atoms with Crippen molar-refractivity contribution in [2.24, 2.45) is 12.8 Å². The molecule has 1 atom stereocenters. The van der Waals surface area contributed by atoms with E-state index in [0.717, 1.165) is 24.8 Å². The minimum absolute atomic E-state index is 0.0646. The minimum Gasteiger partial charge on any atom is -0.317 e. The lowest BCUT2D eigenvalue weighted by molar-refractivity contribution is -0.135. The van der Waals surface area contributed by atoms with Crippen LogP contribution in [0.2, 0.25) is 0 Å². The number of hydrogen-bond donors (Lipinski definition) is 3. The fourth-order valence-corrected chi connectivity index (χ4v) is 7.24. The van der Waals surface area contributed by atoms with Crippen LogP contribution in [-0.4, -0.2) is 58.2 Å². The first-order valence-corrected chi connectivity index (χ1v) is 14.6. The molecule has 3 fully saturated rings. The highest BCUT2D eigenvalue weighted by Crippen LogP contribution is 2.32. The molecule has 1 unspecified atom stereocenters. The molecule has 3 amide bonds. The van der Waals surface area contributed by atoms with Gasteiger partial charge >= 0.3 is 15.9 Å². The first-order chi connectivity index (χ1) is 18.0. The Hall–Kier alpha value is -3.03. The van der Waals surface area contributed by atoms with E-state index in [1.165, 1.54) is 13.4 Å². The Morgan fingerprint density at radius 1 is 1.05 bits per heavy atom. The van der Waals surface area contributed by atoms with E-state index in [4.69, 9.17) is 5.73 Å². The summed E-state index contributed by atoms with van der Waals surface area (Å²) in [5.74, 6) is -1.39. The standard InChI is InChI=1S/C25H34N6O6S/c1-29-20-15-17(5-6-18(20)31(24(29)35)19-7-8-21(32)27-22(19)33)16-9-13-30(14-10-16)38(36,37)28-23(34)25(26)11-3-2-4-12-25/h5-6,15-16,19H,2-4,7-14,26H2,1H3,(H,28,34)(H,27,32,33). The summed E-state index contributed by atoms with van der Waals surface area (Å²) in [6.07, 6.45) is 5.11. The van der Waals surface area contributed by atoms with Gasteiger partial charge < -0.3 is 5.73 Å². The minimum atomic E-state index is -4.00. The number of amides is 3. The molecule has 1 aromatic carbocycles. The highest BCUT2D eigenvalue weighted by atomic mass is 32.2. The zero-order chi connectivity index (χ0) is 27.2. The Kier molecular flexibility index (Phi) is 6.95. The number of rotatable bonds is 5. The monoisotopic (exact) mass is 546 g/mol. The third-order valence-corrected chi connectivity index (χ3v) is 9.81. The van der Waals surface area contributed by atoms with E-state index in [9.17, 15) is 27.6 Å². The number of nitrogens with zero attached hydrogens (tertiary/aromatic N) is 3. The van der Waals surface area contributed by atoms with Crippen LogP contribution in [0.25, 0.3) is 11.0 Å². The molecular formula is C25H34N6O6S. The van der Waals surface area contributed by atoms with Crippen LogP contribution in [0.3, 0.4) is 0 Å². The van der Waals surface area contributed by atoms with Crippen LogP contribution >= 0.6 is 0 Å². The summed E-state index contributed by atoms with van der Waals surface area (Å²) in [4.78, 5) is 49.7. The first-order valence-electron chi connectivity index (χ1n) is 13.2.